The van der Waals surface area contributed by atoms with Crippen molar-refractivity contribution in [2.45, 2.75) is 38.5 Å². The highest BCUT2D eigenvalue weighted by Crippen LogP contribution is 2.31. The van der Waals surface area contributed by atoms with E-state index in [-0.39, 0.29) is 29.3 Å². The number of hydrogen-bond donors (Lipinski definition) is 3. The molecule has 2 heterocycles. The Hall–Kier alpha value is -4.15. The van der Waals surface area contributed by atoms with Crippen LogP contribution in [0.4, 0.5) is 11.6 Å². The first-order valence-electron chi connectivity index (χ1n) is 14.6. The minimum Gasteiger partial charge on any atom is -0.347 e. The molecule has 1 saturated carbocycles. The molecule has 2 aromatic heterocycles. The molecular weight excluding hydrogens is 564 g/mol. The number of aromatic amines is 1. The maximum atomic E-state index is 13.7. The quantitative estimate of drug-likeness (QED) is 0.214. The van der Waals surface area contributed by atoms with E-state index in [0.29, 0.717) is 36.3 Å². The molecular formula is C32H37ClN8O2. The molecule has 4 N–H and O–H groups in total. The monoisotopic (exact) mass is 600 g/mol. The van der Waals surface area contributed by atoms with Crippen molar-refractivity contribution < 1.29 is 9.59 Å². The number of nitrogens with two attached hydrogens (primary N) is 1. The fourth-order valence-corrected chi connectivity index (χ4v) is 5.69. The Labute approximate surface area is 256 Å². The number of halogens is 1. The van der Waals surface area contributed by atoms with Crippen LogP contribution < -0.4 is 16.0 Å². The molecule has 224 valence electrons. The van der Waals surface area contributed by atoms with Gasteiger partial charge in [-0.05, 0) is 91.6 Å². The number of anilines is 2. The number of Topliss-reactive ketones (excluding diaryl/α,β-unsaturated/α-hetero) is 1. The van der Waals surface area contributed by atoms with Crippen LogP contribution in [-0.4, -0.2) is 57.5 Å². The Kier molecular flexibility index (Phi) is 9.79. The number of carbonyl (C=O) groups is 2. The summed E-state index contributed by atoms with van der Waals surface area (Å²) in [7, 11) is 3.79. The summed E-state index contributed by atoms with van der Waals surface area (Å²) >= 11 is 5.86. The highest BCUT2D eigenvalue weighted by atomic mass is 35.5. The fourth-order valence-electron chi connectivity index (χ4n) is 5.57. The van der Waals surface area contributed by atoms with Gasteiger partial charge in [0.1, 0.15) is 5.78 Å². The third-order valence-electron chi connectivity index (χ3n) is 8.10. The van der Waals surface area contributed by atoms with E-state index in [1.165, 1.54) is 0 Å². The Morgan fingerprint density at radius 2 is 1.74 bits per heavy atom. The van der Waals surface area contributed by atoms with E-state index >= 15 is 0 Å². The minimum absolute atomic E-state index is 0.0238. The van der Waals surface area contributed by atoms with Crippen LogP contribution in [0, 0.1) is 17.8 Å². The molecule has 0 aliphatic heterocycles. The summed E-state index contributed by atoms with van der Waals surface area (Å²) in [6, 6.07) is 15.2. The summed E-state index contributed by atoms with van der Waals surface area (Å²) in [6.07, 6.45) is 7.79. The topological polar surface area (TPSA) is 143 Å². The molecule has 1 fully saturated rings. The Balaban J connectivity index is 1.33. The lowest BCUT2D eigenvalue weighted by Gasteiger charge is -2.27. The second kappa shape index (κ2) is 13.9. The van der Waals surface area contributed by atoms with Crippen LogP contribution in [0.1, 0.15) is 37.7 Å². The zero-order valence-electron chi connectivity index (χ0n) is 24.5. The summed E-state index contributed by atoms with van der Waals surface area (Å²) in [6.45, 7) is 0.660. The van der Waals surface area contributed by atoms with E-state index in [2.05, 4.69) is 30.5 Å². The van der Waals surface area contributed by atoms with E-state index in [0.717, 1.165) is 47.9 Å². The third-order valence-corrected chi connectivity index (χ3v) is 8.27. The molecule has 5 rings (SSSR count). The van der Waals surface area contributed by atoms with Crippen molar-refractivity contribution in [3.63, 3.8) is 0 Å². The number of H-pyrrole nitrogens is 1. The predicted molar refractivity (Wildman–Crippen MR) is 169 cm³/mol. The van der Waals surface area contributed by atoms with Crippen LogP contribution in [0.3, 0.4) is 0 Å². The van der Waals surface area contributed by atoms with Gasteiger partial charge in [0, 0.05) is 61.6 Å². The van der Waals surface area contributed by atoms with Gasteiger partial charge in [0.15, 0.2) is 5.82 Å². The molecule has 1 aliphatic carbocycles. The highest BCUT2D eigenvalue weighted by Gasteiger charge is 2.30. The van der Waals surface area contributed by atoms with Gasteiger partial charge in [-0.2, -0.15) is 10.1 Å². The maximum absolute atomic E-state index is 13.7. The second-order valence-corrected chi connectivity index (χ2v) is 11.8. The van der Waals surface area contributed by atoms with Gasteiger partial charge in [-0.3, -0.25) is 9.59 Å². The van der Waals surface area contributed by atoms with E-state index in [4.69, 9.17) is 17.3 Å². The number of rotatable bonds is 11. The molecule has 2 aromatic carbocycles. The van der Waals surface area contributed by atoms with E-state index in [1.807, 2.05) is 55.4 Å². The highest BCUT2D eigenvalue weighted by molar-refractivity contribution is 6.28. The number of hydrogen-bond acceptors (Lipinski definition) is 8. The predicted octanol–water partition coefficient (Wildman–Crippen LogP) is 5.17. The van der Waals surface area contributed by atoms with Crippen molar-refractivity contribution in [2.75, 3.05) is 30.9 Å². The Bertz CT molecular complexity index is 1530. The lowest BCUT2D eigenvalue weighted by molar-refractivity contribution is -0.129. The maximum Gasteiger partial charge on any atom is 0.228 e. The molecule has 0 saturated heterocycles. The number of amides is 1. The zero-order valence-corrected chi connectivity index (χ0v) is 25.2. The lowest BCUT2D eigenvalue weighted by atomic mass is 9.77. The zero-order chi connectivity index (χ0) is 30.3. The SMILES string of the molecule is CN(C)c1ncc(-c2cccc(C[C@H](CC(=O)C3CCC(CN)CC3)C(=O)Nc3ccc(-c4n[nH]c(Cl)n4)cc3)c2)cn1. The normalized spacial score (nSPS) is 17.3. The molecule has 11 heteroatoms. The van der Waals surface area contributed by atoms with Crippen LogP contribution in [-0.2, 0) is 16.0 Å². The summed E-state index contributed by atoms with van der Waals surface area (Å²) in [5.41, 5.74) is 10.1. The molecule has 10 nitrogen and oxygen atoms in total. The molecule has 1 amide bonds. The smallest absolute Gasteiger partial charge is 0.228 e. The van der Waals surface area contributed by atoms with Gasteiger partial charge in [-0.25, -0.2) is 15.1 Å². The molecule has 0 unspecified atom stereocenters. The number of nitrogens with one attached hydrogen (secondary N) is 2. The molecule has 1 atom stereocenters. The number of ketones is 1. The summed E-state index contributed by atoms with van der Waals surface area (Å²) < 4.78 is 0. The van der Waals surface area contributed by atoms with Gasteiger partial charge >= 0.3 is 0 Å². The second-order valence-electron chi connectivity index (χ2n) is 11.4. The first kappa shape index (κ1) is 30.3. The minimum atomic E-state index is -0.533. The first-order chi connectivity index (χ1) is 20.8. The largest absolute Gasteiger partial charge is 0.347 e. The number of nitrogens with zero attached hydrogens (tertiary/aromatic N) is 5. The standard InChI is InChI=1S/C32H37ClN8O2/c1-41(2)32-35-18-26(19-36-32)24-5-3-4-21(14-24)15-25(16-28(42)22-8-6-20(17-34)7-9-22)30(43)37-27-12-10-23(11-13-27)29-38-31(33)40-39-29/h3-5,10-14,18-20,22,25H,6-9,15-17,34H2,1-2H3,(H,37,43)(H,38,39,40)/t20?,22?,25-/m1/s1. The van der Waals surface area contributed by atoms with E-state index in [1.54, 1.807) is 24.5 Å². The number of aromatic nitrogens is 5. The molecule has 0 radical (unpaired) electrons. The van der Waals surface area contributed by atoms with Crippen LogP contribution in [0.2, 0.25) is 5.28 Å². The molecule has 0 spiro atoms. The Morgan fingerprint density at radius 3 is 2.37 bits per heavy atom. The van der Waals surface area contributed by atoms with E-state index < -0.39 is 5.92 Å². The summed E-state index contributed by atoms with van der Waals surface area (Å²) in [5, 5.41) is 9.92. The fraction of sp³-hybridized carbons (Fsp3) is 0.375. The van der Waals surface area contributed by atoms with Gasteiger partial charge in [-0.15, -0.1) is 0 Å². The molecule has 43 heavy (non-hydrogen) atoms. The van der Waals surface area contributed by atoms with Gasteiger partial charge < -0.3 is 16.0 Å². The lowest BCUT2D eigenvalue weighted by Crippen LogP contribution is -2.31. The van der Waals surface area contributed by atoms with E-state index in [9.17, 15) is 9.59 Å². The number of benzene rings is 2. The summed E-state index contributed by atoms with van der Waals surface area (Å²) in [4.78, 5) is 42.0. The van der Waals surface area contributed by atoms with Gasteiger partial charge in [0.25, 0.3) is 0 Å². The Morgan fingerprint density at radius 1 is 1.02 bits per heavy atom. The third kappa shape index (κ3) is 7.82. The molecule has 4 aromatic rings. The van der Waals surface area contributed by atoms with Gasteiger partial charge in [0.05, 0.1) is 0 Å². The molecule has 1 aliphatic rings. The molecule has 0 bridgehead atoms. The van der Waals surface area contributed by atoms with Crippen molar-refractivity contribution in [3.8, 4) is 22.5 Å². The van der Waals surface area contributed by atoms with Gasteiger partial charge in [0.2, 0.25) is 17.1 Å². The van der Waals surface area contributed by atoms with Crippen molar-refractivity contribution >= 4 is 34.9 Å². The average molecular weight is 601 g/mol. The van der Waals surface area contributed by atoms with Crippen molar-refractivity contribution in [1.29, 1.82) is 0 Å². The summed E-state index contributed by atoms with van der Waals surface area (Å²) in [5.74, 6) is 0.985. The number of carbonyl (C=O) groups excluding carboxylic acids is 2. The van der Waals surface area contributed by atoms with Crippen LogP contribution in [0.15, 0.2) is 60.9 Å². The van der Waals surface area contributed by atoms with Gasteiger partial charge in [-0.1, -0.05) is 24.3 Å². The average Bonchev–Trinajstić information content (AvgIpc) is 3.47. The first-order valence-corrected chi connectivity index (χ1v) is 15.0. The van der Waals surface area contributed by atoms with Crippen molar-refractivity contribution in [1.82, 2.24) is 25.1 Å². The van der Waals surface area contributed by atoms with Crippen LogP contribution >= 0.6 is 11.6 Å². The van der Waals surface area contributed by atoms with Crippen LogP contribution in [0.5, 0.6) is 0 Å². The van der Waals surface area contributed by atoms with Crippen molar-refractivity contribution in [3.05, 3.63) is 71.8 Å². The van der Waals surface area contributed by atoms with Crippen LogP contribution in [0.25, 0.3) is 22.5 Å². The van der Waals surface area contributed by atoms with Crippen molar-refractivity contribution in [2.24, 2.45) is 23.5 Å².